The van der Waals surface area contributed by atoms with Crippen molar-refractivity contribution in [1.29, 1.82) is 0 Å². The summed E-state index contributed by atoms with van der Waals surface area (Å²) in [6.45, 7) is 9.02. The van der Waals surface area contributed by atoms with E-state index in [1.54, 1.807) is 0 Å². The SMILES string of the molecule is C=C(C)[C@H]1CC[C@]2(C)CC=C(CO)CC[C@@H]12. The second-order valence-corrected chi connectivity index (χ2v) is 6.02. The standard InChI is InChI=1S/C15H24O/c1-11(2)13-7-9-15(3)8-6-12(10-16)4-5-14(13)15/h6,13-14,16H,1,4-5,7-10H2,2-3H3/t13-,14+,15+/m1/s1. The quantitative estimate of drug-likeness (QED) is 0.704. The van der Waals surface area contributed by atoms with Crippen LogP contribution in [0, 0.1) is 17.3 Å². The third kappa shape index (κ3) is 1.98. The Bertz CT molecular complexity index is 315. The maximum absolute atomic E-state index is 9.25. The smallest absolute Gasteiger partial charge is 0.0641 e. The second kappa shape index (κ2) is 4.37. The van der Waals surface area contributed by atoms with Gasteiger partial charge in [-0.25, -0.2) is 0 Å². The lowest BCUT2D eigenvalue weighted by Gasteiger charge is -2.32. The summed E-state index contributed by atoms with van der Waals surface area (Å²) < 4.78 is 0. The van der Waals surface area contributed by atoms with Crippen molar-refractivity contribution < 1.29 is 5.11 Å². The highest BCUT2D eigenvalue weighted by Gasteiger charge is 2.44. The molecule has 1 N–H and O–H groups in total. The summed E-state index contributed by atoms with van der Waals surface area (Å²) in [6, 6.07) is 0. The molecule has 0 amide bonds. The van der Waals surface area contributed by atoms with Gasteiger partial charge in [0.05, 0.1) is 6.61 Å². The molecule has 0 radical (unpaired) electrons. The first-order chi connectivity index (χ1) is 7.57. The highest BCUT2D eigenvalue weighted by Crippen LogP contribution is 2.54. The molecule has 1 fully saturated rings. The molecule has 0 unspecified atom stereocenters. The van der Waals surface area contributed by atoms with E-state index in [0.29, 0.717) is 5.41 Å². The molecule has 2 aliphatic rings. The Labute approximate surface area is 99.3 Å². The number of aliphatic hydroxyl groups excluding tert-OH is 1. The van der Waals surface area contributed by atoms with Crippen molar-refractivity contribution in [1.82, 2.24) is 0 Å². The summed E-state index contributed by atoms with van der Waals surface area (Å²) in [4.78, 5) is 0. The summed E-state index contributed by atoms with van der Waals surface area (Å²) in [5, 5.41) is 9.25. The maximum atomic E-state index is 9.25. The van der Waals surface area contributed by atoms with Gasteiger partial charge in [0.1, 0.15) is 0 Å². The number of hydrogen-bond acceptors (Lipinski definition) is 1. The third-order valence-corrected chi connectivity index (χ3v) is 4.88. The summed E-state index contributed by atoms with van der Waals surface area (Å²) >= 11 is 0. The van der Waals surface area contributed by atoms with Crippen LogP contribution in [0.15, 0.2) is 23.8 Å². The van der Waals surface area contributed by atoms with Crippen molar-refractivity contribution in [3.8, 4) is 0 Å². The molecule has 1 heteroatoms. The Kier molecular flexibility index (Phi) is 3.25. The summed E-state index contributed by atoms with van der Waals surface area (Å²) in [6.07, 6.45) is 8.41. The number of allylic oxidation sites excluding steroid dienone is 2. The molecular formula is C15H24O. The number of fused-ring (bicyclic) bond motifs is 1. The summed E-state index contributed by atoms with van der Waals surface area (Å²) in [5.41, 5.74) is 3.07. The fraction of sp³-hybridized carbons (Fsp3) is 0.733. The van der Waals surface area contributed by atoms with E-state index >= 15 is 0 Å². The minimum absolute atomic E-state index is 0.251. The van der Waals surface area contributed by atoms with E-state index in [2.05, 4.69) is 26.5 Å². The summed E-state index contributed by atoms with van der Waals surface area (Å²) in [7, 11) is 0. The van der Waals surface area contributed by atoms with Crippen LogP contribution < -0.4 is 0 Å². The zero-order chi connectivity index (χ0) is 11.8. The second-order valence-electron chi connectivity index (χ2n) is 6.02. The molecule has 1 saturated carbocycles. The molecule has 0 aromatic carbocycles. The van der Waals surface area contributed by atoms with E-state index in [1.165, 1.54) is 30.4 Å². The van der Waals surface area contributed by atoms with Crippen LogP contribution in [0.5, 0.6) is 0 Å². The molecule has 0 heterocycles. The van der Waals surface area contributed by atoms with Crippen LogP contribution >= 0.6 is 0 Å². The van der Waals surface area contributed by atoms with Crippen molar-refractivity contribution in [2.24, 2.45) is 17.3 Å². The van der Waals surface area contributed by atoms with Crippen LogP contribution in [0.1, 0.15) is 46.0 Å². The van der Waals surface area contributed by atoms with Crippen molar-refractivity contribution in [3.63, 3.8) is 0 Å². The predicted octanol–water partition coefficient (Wildman–Crippen LogP) is 3.70. The highest BCUT2D eigenvalue weighted by molar-refractivity contribution is 5.14. The van der Waals surface area contributed by atoms with E-state index in [4.69, 9.17) is 0 Å². The number of hydrogen-bond donors (Lipinski definition) is 1. The van der Waals surface area contributed by atoms with E-state index in [0.717, 1.165) is 24.7 Å². The molecule has 0 saturated heterocycles. The van der Waals surface area contributed by atoms with Gasteiger partial charge in [-0.15, -0.1) is 0 Å². The average Bonchev–Trinajstić information content (AvgIpc) is 2.48. The van der Waals surface area contributed by atoms with E-state index in [-0.39, 0.29) is 6.61 Å². The first kappa shape index (κ1) is 11.9. The van der Waals surface area contributed by atoms with Crippen molar-refractivity contribution in [3.05, 3.63) is 23.8 Å². The molecule has 0 aromatic heterocycles. The first-order valence-corrected chi connectivity index (χ1v) is 6.51. The number of aliphatic hydroxyl groups is 1. The molecule has 0 aromatic rings. The van der Waals surface area contributed by atoms with Gasteiger partial charge in [0.2, 0.25) is 0 Å². The minimum atomic E-state index is 0.251. The Morgan fingerprint density at radius 2 is 2.31 bits per heavy atom. The van der Waals surface area contributed by atoms with Crippen LogP contribution in [-0.4, -0.2) is 11.7 Å². The van der Waals surface area contributed by atoms with E-state index in [1.807, 2.05) is 0 Å². The zero-order valence-corrected chi connectivity index (χ0v) is 10.6. The van der Waals surface area contributed by atoms with Gasteiger partial charge >= 0.3 is 0 Å². The van der Waals surface area contributed by atoms with Gasteiger partial charge in [0, 0.05) is 0 Å². The largest absolute Gasteiger partial charge is 0.392 e. The van der Waals surface area contributed by atoms with Crippen molar-refractivity contribution in [2.75, 3.05) is 6.61 Å². The topological polar surface area (TPSA) is 20.2 Å². The first-order valence-electron chi connectivity index (χ1n) is 6.51. The van der Waals surface area contributed by atoms with Gasteiger partial charge in [0.25, 0.3) is 0 Å². The Morgan fingerprint density at radius 1 is 1.56 bits per heavy atom. The average molecular weight is 220 g/mol. The molecule has 0 aliphatic heterocycles. The Balaban J connectivity index is 2.18. The molecule has 90 valence electrons. The van der Waals surface area contributed by atoms with Crippen LogP contribution in [0.2, 0.25) is 0 Å². The Hall–Kier alpha value is -0.560. The highest BCUT2D eigenvalue weighted by atomic mass is 16.3. The van der Waals surface area contributed by atoms with Gasteiger partial charge in [-0.2, -0.15) is 0 Å². The van der Waals surface area contributed by atoms with Crippen LogP contribution in [0.4, 0.5) is 0 Å². The fourth-order valence-corrected chi connectivity index (χ4v) is 3.71. The van der Waals surface area contributed by atoms with Gasteiger partial charge in [-0.1, -0.05) is 25.2 Å². The summed E-state index contributed by atoms with van der Waals surface area (Å²) in [5.74, 6) is 1.50. The Morgan fingerprint density at radius 3 is 2.94 bits per heavy atom. The molecular weight excluding hydrogens is 196 g/mol. The zero-order valence-electron chi connectivity index (χ0n) is 10.6. The third-order valence-electron chi connectivity index (χ3n) is 4.88. The van der Waals surface area contributed by atoms with Crippen LogP contribution in [0.25, 0.3) is 0 Å². The fourth-order valence-electron chi connectivity index (χ4n) is 3.71. The molecule has 0 bridgehead atoms. The molecule has 0 spiro atoms. The molecule has 1 nitrogen and oxygen atoms in total. The lowest BCUT2D eigenvalue weighted by Crippen LogP contribution is -2.24. The van der Waals surface area contributed by atoms with E-state index < -0.39 is 0 Å². The maximum Gasteiger partial charge on any atom is 0.0641 e. The van der Waals surface area contributed by atoms with E-state index in [9.17, 15) is 5.11 Å². The lowest BCUT2D eigenvalue weighted by molar-refractivity contribution is 0.200. The molecule has 16 heavy (non-hydrogen) atoms. The molecule has 2 rings (SSSR count). The minimum Gasteiger partial charge on any atom is -0.392 e. The van der Waals surface area contributed by atoms with Gasteiger partial charge in [0.15, 0.2) is 0 Å². The van der Waals surface area contributed by atoms with Gasteiger partial charge in [-0.05, 0) is 61.9 Å². The van der Waals surface area contributed by atoms with Crippen LogP contribution in [-0.2, 0) is 0 Å². The molecule has 2 aliphatic carbocycles. The normalized spacial score (nSPS) is 38.8. The van der Waals surface area contributed by atoms with Gasteiger partial charge < -0.3 is 5.11 Å². The van der Waals surface area contributed by atoms with Crippen LogP contribution in [0.3, 0.4) is 0 Å². The lowest BCUT2D eigenvalue weighted by atomic mass is 9.72. The molecule has 3 atom stereocenters. The van der Waals surface area contributed by atoms with Gasteiger partial charge in [-0.3, -0.25) is 0 Å². The van der Waals surface area contributed by atoms with Crippen molar-refractivity contribution in [2.45, 2.75) is 46.0 Å². The van der Waals surface area contributed by atoms with Crippen molar-refractivity contribution >= 4 is 0 Å². The monoisotopic (exact) mass is 220 g/mol. The number of rotatable bonds is 2. The predicted molar refractivity (Wildman–Crippen MR) is 68.2 cm³/mol.